The van der Waals surface area contributed by atoms with Crippen molar-refractivity contribution >= 4 is 16.9 Å². The number of hydrogen-bond donors (Lipinski definition) is 1. The molecule has 0 bridgehead atoms. The smallest absolute Gasteiger partial charge is 0.308 e. The van der Waals surface area contributed by atoms with Crippen molar-refractivity contribution < 1.29 is 14.3 Å². The van der Waals surface area contributed by atoms with Crippen molar-refractivity contribution in [3.8, 4) is 28.6 Å². The predicted molar refractivity (Wildman–Crippen MR) is 106 cm³/mol. The first-order chi connectivity index (χ1) is 13.6. The molecule has 0 aliphatic rings. The van der Waals surface area contributed by atoms with Crippen LogP contribution in [0.1, 0.15) is 6.92 Å². The number of ether oxygens (including phenoxy) is 2. The van der Waals surface area contributed by atoms with E-state index in [0.717, 1.165) is 0 Å². The molecule has 28 heavy (non-hydrogen) atoms. The summed E-state index contributed by atoms with van der Waals surface area (Å²) in [6, 6.07) is 21.3. The molecule has 0 saturated heterocycles. The SMILES string of the molecule is CC(=O)Oc1ccc(Oc2ccccc2)cc1-c1nc2ccccc2c(=O)[nH]1. The number of rotatable bonds is 4. The van der Waals surface area contributed by atoms with Gasteiger partial charge in [0.25, 0.3) is 5.56 Å². The molecule has 1 N–H and O–H groups in total. The maximum atomic E-state index is 12.4. The molecule has 0 unspecified atom stereocenters. The van der Waals surface area contributed by atoms with E-state index in [-0.39, 0.29) is 11.3 Å². The third-order valence-corrected chi connectivity index (χ3v) is 4.05. The van der Waals surface area contributed by atoms with Gasteiger partial charge in [-0.15, -0.1) is 0 Å². The summed E-state index contributed by atoms with van der Waals surface area (Å²) in [4.78, 5) is 31.2. The number of aromatic amines is 1. The van der Waals surface area contributed by atoms with Crippen LogP contribution in [0.4, 0.5) is 0 Å². The zero-order valence-corrected chi connectivity index (χ0v) is 15.0. The Bertz CT molecular complexity index is 1220. The van der Waals surface area contributed by atoms with Gasteiger partial charge in [0.1, 0.15) is 23.1 Å². The molecule has 3 aromatic carbocycles. The summed E-state index contributed by atoms with van der Waals surface area (Å²) in [5.74, 6) is 1.28. The second-order valence-corrected chi connectivity index (χ2v) is 6.10. The number of para-hydroxylation sites is 2. The van der Waals surface area contributed by atoms with Crippen molar-refractivity contribution in [1.82, 2.24) is 9.97 Å². The highest BCUT2D eigenvalue weighted by atomic mass is 16.5. The van der Waals surface area contributed by atoms with Gasteiger partial charge in [0.05, 0.1) is 16.5 Å². The summed E-state index contributed by atoms with van der Waals surface area (Å²) in [7, 11) is 0. The lowest BCUT2D eigenvalue weighted by molar-refractivity contribution is -0.131. The molecular weight excluding hydrogens is 356 g/mol. The van der Waals surface area contributed by atoms with Gasteiger partial charge in [0.2, 0.25) is 0 Å². The second kappa shape index (κ2) is 7.36. The molecule has 138 valence electrons. The molecule has 6 heteroatoms. The van der Waals surface area contributed by atoms with Crippen molar-refractivity contribution in [2.45, 2.75) is 6.92 Å². The van der Waals surface area contributed by atoms with Gasteiger partial charge in [0.15, 0.2) is 0 Å². The Hall–Kier alpha value is -3.93. The molecule has 4 aromatic rings. The average molecular weight is 372 g/mol. The highest BCUT2D eigenvalue weighted by Crippen LogP contribution is 2.33. The first-order valence-electron chi connectivity index (χ1n) is 8.65. The minimum atomic E-state index is -0.471. The largest absolute Gasteiger partial charge is 0.457 e. The summed E-state index contributed by atoms with van der Waals surface area (Å²) in [6.07, 6.45) is 0. The summed E-state index contributed by atoms with van der Waals surface area (Å²) in [5.41, 5.74) is 0.722. The average Bonchev–Trinajstić information content (AvgIpc) is 2.69. The minimum absolute atomic E-state index is 0.274. The van der Waals surface area contributed by atoms with Crippen molar-refractivity contribution in [2.24, 2.45) is 0 Å². The molecular formula is C22H16N2O4. The lowest BCUT2D eigenvalue weighted by Crippen LogP contribution is -2.10. The molecule has 0 atom stereocenters. The third-order valence-electron chi connectivity index (χ3n) is 4.05. The predicted octanol–water partition coefficient (Wildman–Crippen LogP) is 4.31. The number of fused-ring (bicyclic) bond motifs is 1. The fourth-order valence-corrected chi connectivity index (χ4v) is 2.84. The Balaban J connectivity index is 1.84. The quantitative estimate of drug-likeness (QED) is 0.426. The zero-order valence-electron chi connectivity index (χ0n) is 15.0. The molecule has 0 spiro atoms. The number of carbonyl (C=O) groups is 1. The first kappa shape index (κ1) is 17.5. The number of hydrogen-bond acceptors (Lipinski definition) is 5. The van der Waals surface area contributed by atoms with Gasteiger partial charge >= 0.3 is 5.97 Å². The molecule has 4 rings (SSSR count). The van der Waals surface area contributed by atoms with E-state index >= 15 is 0 Å². The van der Waals surface area contributed by atoms with Crippen LogP contribution in [-0.2, 0) is 4.79 Å². The molecule has 0 aliphatic carbocycles. The van der Waals surface area contributed by atoms with E-state index in [4.69, 9.17) is 9.47 Å². The van der Waals surface area contributed by atoms with Crippen molar-refractivity contribution in [3.63, 3.8) is 0 Å². The van der Waals surface area contributed by atoms with Gasteiger partial charge in [-0.2, -0.15) is 0 Å². The van der Waals surface area contributed by atoms with E-state index in [1.54, 1.807) is 42.5 Å². The van der Waals surface area contributed by atoms with Gasteiger partial charge in [-0.05, 0) is 42.5 Å². The Morgan fingerprint density at radius 1 is 0.929 bits per heavy atom. The van der Waals surface area contributed by atoms with E-state index in [0.29, 0.717) is 33.8 Å². The fraction of sp³-hybridized carbons (Fsp3) is 0.0455. The summed E-state index contributed by atoms with van der Waals surface area (Å²) in [6.45, 7) is 1.31. The maximum absolute atomic E-state index is 12.4. The lowest BCUT2D eigenvalue weighted by atomic mass is 10.1. The van der Waals surface area contributed by atoms with Crippen LogP contribution in [0.15, 0.2) is 77.6 Å². The topological polar surface area (TPSA) is 81.3 Å². The van der Waals surface area contributed by atoms with Gasteiger partial charge in [0, 0.05) is 6.92 Å². The highest BCUT2D eigenvalue weighted by molar-refractivity contribution is 5.81. The minimum Gasteiger partial charge on any atom is -0.457 e. The van der Waals surface area contributed by atoms with Crippen LogP contribution in [0.2, 0.25) is 0 Å². The zero-order chi connectivity index (χ0) is 19.5. The van der Waals surface area contributed by atoms with Crippen molar-refractivity contribution in [3.05, 3.63) is 83.2 Å². The molecule has 0 fully saturated rings. The number of nitrogens with zero attached hydrogens (tertiary/aromatic N) is 1. The third kappa shape index (κ3) is 3.61. The monoisotopic (exact) mass is 372 g/mol. The van der Waals surface area contributed by atoms with Crippen LogP contribution in [0.5, 0.6) is 17.2 Å². The molecule has 0 saturated carbocycles. The van der Waals surface area contributed by atoms with Crippen LogP contribution in [0.25, 0.3) is 22.3 Å². The number of benzene rings is 3. The lowest BCUT2D eigenvalue weighted by Gasteiger charge is -2.12. The number of carbonyl (C=O) groups excluding carboxylic acids is 1. The van der Waals surface area contributed by atoms with Crippen LogP contribution in [-0.4, -0.2) is 15.9 Å². The van der Waals surface area contributed by atoms with Gasteiger partial charge in [-0.3, -0.25) is 9.59 Å². The number of aromatic nitrogens is 2. The molecule has 0 aliphatic heterocycles. The normalized spacial score (nSPS) is 10.6. The van der Waals surface area contributed by atoms with Gasteiger partial charge in [-0.1, -0.05) is 30.3 Å². The summed E-state index contributed by atoms with van der Waals surface area (Å²) in [5, 5.41) is 0.483. The van der Waals surface area contributed by atoms with E-state index in [1.807, 2.05) is 30.3 Å². The summed E-state index contributed by atoms with van der Waals surface area (Å²) >= 11 is 0. The highest BCUT2D eigenvalue weighted by Gasteiger charge is 2.14. The molecule has 0 amide bonds. The fourth-order valence-electron chi connectivity index (χ4n) is 2.84. The molecule has 6 nitrogen and oxygen atoms in total. The Kier molecular flexibility index (Phi) is 4.60. The Morgan fingerprint density at radius 2 is 1.68 bits per heavy atom. The maximum Gasteiger partial charge on any atom is 0.308 e. The number of H-pyrrole nitrogens is 1. The van der Waals surface area contributed by atoms with Crippen LogP contribution >= 0.6 is 0 Å². The van der Waals surface area contributed by atoms with E-state index in [2.05, 4.69) is 9.97 Å². The second-order valence-electron chi connectivity index (χ2n) is 6.10. The first-order valence-corrected chi connectivity index (χ1v) is 8.65. The van der Waals surface area contributed by atoms with Crippen LogP contribution < -0.4 is 15.0 Å². The number of esters is 1. The summed E-state index contributed by atoms with van der Waals surface area (Å²) < 4.78 is 11.2. The molecule has 1 aromatic heterocycles. The van der Waals surface area contributed by atoms with E-state index < -0.39 is 5.97 Å². The van der Waals surface area contributed by atoms with E-state index in [1.165, 1.54) is 6.92 Å². The van der Waals surface area contributed by atoms with Crippen LogP contribution in [0, 0.1) is 0 Å². The van der Waals surface area contributed by atoms with Gasteiger partial charge < -0.3 is 14.5 Å². The van der Waals surface area contributed by atoms with Gasteiger partial charge in [-0.25, -0.2) is 4.98 Å². The Morgan fingerprint density at radius 3 is 2.46 bits per heavy atom. The number of nitrogens with one attached hydrogen (secondary N) is 1. The molecule has 0 radical (unpaired) electrons. The van der Waals surface area contributed by atoms with Crippen molar-refractivity contribution in [1.29, 1.82) is 0 Å². The standard InChI is InChI=1S/C22H16N2O4/c1-14(25)27-20-12-11-16(28-15-7-3-2-4-8-15)13-18(20)21-23-19-10-6-5-9-17(19)22(26)24-21/h2-13H,1H3,(H,23,24,26). The van der Waals surface area contributed by atoms with Crippen LogP contribution in [0.3, 0.4) is 0 Å². The van der Waals surface area contributed by atoms with E-state index in [9.17, 15) is 9.59 Å². The van der Waals surface area contributed by atoms with Crippen molar-refractivity contribution in [2.75, 3.05) is 0 Å². The molecule has 1 heterocycles. The Labute approximate surface area is 160 Å².